The average molecular weight is 273 g/mol. The number of rotatable bonds is 3. The second-order valence-electron chi connectivity index (χ2n) is 7.19. The van der Waals surface area contributed by atoms with E-state index in [4.69, 9.17) is 0 Å². The number of halogens is 1. The first kappa shape index (κ1) is 12.8. The minimum absolute atomic E-state index is 0.0145. The molecule has 2 saturated carbocycles. The number of hydrogen-bond acceptors (Lipinski definition) is 1. The zero-order valence-electron chi connectivity index (χ0n) is 12.2. The molecule has 0 radical (unpaired) electrons. The zero-order valence-corrected chi connectivity index (χ0v) is 12.2. The zero-order chi connectivity index (χ0) is 13.7. The minimum Gasteiger partial charge on any atom is -0.307 e. The van der Waals surface area contributed by atoms with Crippen molar-refractivity contribution in [3.05, 3.63) is 35.1 Å². The molecule has 3 aliphatic carbocycles. The molecule has 108 valence electrons. The molecule has 3 aliphatic rings. The van der Waals surface area contributed by atoms with E-state index < -0.39 is 0 Å². The van der Waals surface area contributed by atoms with Crippen molar-refractivity contribution in [2.75, 3.05) is 0 Å². The van der Waals surface area contributed by atoms with Crippen LogP contribution in [-0.2, 0) is 6.42 Å². The lowest BCUT2D eigenvalue weighted by Gasteiger charge is -2.31. The Bertz CT molecular complexity index is 512. The molecule has 2 heteroatoms. The minimum atomic E-state index is -0.0145. The quantitative estimate of drug-likeness (QED) is 0.869. The standard InChI is InChI=1S/C18H24FN/c1-11(16-10-12-5-6-13(16)9-12)20-18-8-7-14-15(18)3-2-4-17(14)19/h2-4,11-13,16,18,20H,5-10H2,1H3. The Labute approximate surface area is 121 Å². The molecule has 0 amide bonds. The van der Waals surface area contributed by atoms with Gasteiger partial charge in [-0.25, -0.2) is 4.39 Å². The molecule has 0 heterocycles. The molecule has 2 fully saturated rings. The summed E-state index contributed by atoms with van der Waals surface area (Å²) in [5.74, 6) is 2.80. The van der Waals surface area contributed by atoms with E-state index in [0.717, 1.165) is 36.2 Å². The van der Waals surface area contributed by atoms with Crippen LogP contribution in [0.15, 0.2) is 18.2 Å². The van der Waals surface area contributed by atoms with Gasteiger partial charge in [0.1, 0.15) is 5.82 Å². The summed E-state index contributed by atoms with van der Waals surface area (Å²) in [5, 5.41) is 3.82. The van der Waals surface area contributed by atoms with E-state index >= 15 is 0 Å². The molecule has 0 aromatic heterocycles. The van der Waals surface area contributed by atoms with Crippen LogP contribution < -0.4 is 5.32 Å². The Morgan fingerprint density at radius 3 is 2.85 bits per heavy atom. The third kappa shape index (κ3) is 2.00. The van der Waals surface area contributed by atoms with Crippen LogP contribution in [0.3, 0.4) is 0 Å². The summed E-state index contributed by atoms with van der Waals surface area (Å²) in [6, 6.07) is 6.51. The Morgan fingerprint density at radius 2 is 2.10 bits per heavy atom. The van der Waals surface area contributed by atoms with Crippen molar-refractivity contribution in [2.24, 2.45) is 17.8 Å². The predicted molar refractivity (Wildman–Crippen MR) is 79.0 cm³/mol. The van der Waals surface area contributed by atoms with Gasteiger partial charge >= 0.3 is 0 Å². The molecule has 4 rings (SSSR count). The first-order chi connectivity index (χ1) is 9.72. The lowest BCUT2D eigenvalue weighted by molar-refractivity contribution is 0.245. The van der Waals surface area contributed by atoms with Crippen molar-refractivity contribution in [3.63, 3.8) is 0 Å². The van der Waals surface area contributed by atoms with Gasteiger partial charge in [0.25, 0.3) is 0 Å². The van der Waals surface area contributed by atoms with E-state index in [1.165, 1.54) is 31.2 Å². The molecule has 5 atom stereocenters. The maximum absolute atomic E-state index is 13.8. The Hall–Kier alpha value is -0.890. The van der Waals surface area contributed by atoms with Crippen LogP contribution in [0.25, 0.3) is 0 Å². The highest BCUT2D eigenvalue weighted by Gasteiger charge is 2.42. The van der Waals surface area contributed by atoms with E-state index in [-0.39, 0.29) is 5.82 Å². The van der Waals surface area contributed by atoms with Crippen LogP contribution in [0.2, 0.25) is 0 Å². The van der Waals surface area contributed by atoms with Gasteiger partial charge < -0.3 is 5.32 Å². The molecule has 1 aromatic carbocycles. The van der Waals surface area contributed by atoms with Gasteiger partial charge in [-0.1, -0.05) is 18.6 Å². The maximum Gasteiger partial charge on any atom is 0.126 e. The summed E-state index contributed by atoms with van der Waals surface area (Å²) >= 11 is 0. The van der Waals surface area contributed by atoms with Crippen molar-refractivity contribution in [1.82, 2.24) is 5.32 Å². The number of nitrogens with one attached hydrogen (secondary N) is 1. The fraction of sp³-hybridized carbons (Fsp3) is 0.667. The van der Waals surface area contributed by atoms with E-state index in [1.807, 2.05) is 6.07 Å². The molecule has 2 bridgehead atoms. The summed E-state index contributed by atoms with van der Waals surface area (Å²) in [6.07, 6.45) is 7.74. The smallest absolute Gasteiger partial charge is 0.126 e. The topological polar surface area (TPSA) is 12.0 Å². The van der Waals surface area contributed by atoms with Gasteiger partial charge in [0.15, 0.2) is 0 Å². The van der Waals surface area contributed by atoms with E-state index in [2.05, 4.69) is 18.3 Å². The SMILES string of the molecule is CC(NC1CCc2c(F)cccc21)C1CC2CCC1C2. The van der Waals surface area contributed by atoms with Crippen molar-refractivity contribution in [1.29, 1.82) is 0 Å². The molecule has 0 spiro atoms. The summed E-state index contributed by atoms with van der Waals surface area (Å²) in [5.41, 5.74) is 2.16. The third-order valence-corrected chi connectivity index (χ3v) is 6.11. The van der Waals surface area contributed by atoms with Gasteiger partial charge in [-0.2, -0.15) is 0 Å². The molecule has 1 nitrogen and oxygen atoms in total. The summed E-state index contributed by atoms with van der Waals surface area (Å²) in [6.45, 7) is 2.35. The second-order valence-corrected chi connectivity index (χ2v) is 7.19. The van der Waals surface area contributed by atoms with Crippen molar-refractivity contribution >= 4 is 0 Å². The van der Waals surface area contributed by atoms with Crippen LogP contribution in [0.4, 0.5) is 4.39 Å². The van der Waals surface area contributed by atoms with Crippen LogP contribution in [-0.4, -0.2) is 6.04 Å². The summed E-state index contributed by atoms with van der Waals surface area (Å²) in [7, 11) is 0. The normalized spacial score (nSPS) is 36.3. The second kappa shape index (κ2) is 4.84. The Balaban J connectivity index is 1.47. The fourth-order valence-corrected chi connectivity index (χ4v) is 5.13. The van der Waals surface area contributed by atoms with Crippen LogP contribution in [0.5, 0.6) is 0 Å². The van der Waals surface area contributed by atoms with Gasteiger partial charge in [-0.15, -0.1) is 0 Å². The largest absolute Gasteiger partial charge is 0.307 e. The lowest BCUT2D eigenvalue weighted by Crippen LogP contribution is -2.38. The van der Waals surface area contributed by atoms with Crippen LogP contribution in [0, 0.1) is 23.6 Å². The highest BCUT2D eigenvalue weighted by atomic mass is 19.1. The fourth-order valence-electron chi connectivity index (χ4n) is 5.13. The van der Waals surface area contributed by atoms with E-state index in [1.54, 1.807) is 6.07 Å². The highest BCUT2D eigenvalue weighted by Crippen LogP contribution is 2.50. The van der Waals surface area contributed by atoms with Gasteiger partial charge in [-0.3, -0.25) is 0 Å². The molecule has 0 saturated heterocycles. The summed E-state index contributed by atoms with van der Waals surface area (Å²) < 4.78 is 13.8. The lowest BCUT2D eigenvalue weighted by atomic mass is 9.83. The molecular formula is C18H24FN. The van der Waals surface area contributed by atoms with Gasteiger partial charge in [0.05, 0.1) is 0 Å². The molecule has 1 N–H and O–H groups in total. The van der Waals surface area contributed by atoms with Gasteiger partial charge in [0, 0.05) is 12.1 Å². The molecule has 0 aliphatic heterocycles. The number of hydrogen-bond donors (Lipinski definition) is 1. The monoisotopic (exact) mass is 273 g/mol. The van der Waals surface area contributed by atoms with Crippen molar-refractivity contribution in [3.8, 4) is 0 Å². The predicted octanol–water partition coefficient (Wildman–Crippen LogP) is 4.23. The maximum atomic E-state index is 13.8. The third-order valence-electron chi connectivity index (χ3n) is 6.11. The summed E-state index contributed by atoms with van der Waals surface area (Å²) in [4.78, 5) is 0. The van der Waals surface area contributed by atoms with Crippen molar-refractivity contribution in [2.45, 2.75) is 57.5 Å². The van der Waals surface area contributed by atoms with Crippen LogP contribution >= 0.6 is 0 Å². The molecule has 5 unspecified atom stereocenters. The highest BCUT2D eigenvalue weighted by molar-refractivity contribution is 5.35. The molecule has 1 aromatic rings. The first-order valence-corrected chi connectivity index (χ1v) is 8.25. The number of benzene rings is 1. The van der Waals surface area contributed by atoms with E-state index in [9.17, 15) is 4.39 Å². The molecular weight excluding hydrogens is 249 g/mol. The average Bonchev–Trinajstić information content (AvgIpc) is 3.14. The Kier molecular flexibility index (Phi) is 3.10. The number of fused-ring (bicyclic) bond motifs is 3. The van der Waals surface area contributed by atoms with Gasteiger partial charge in [0.2, 0.25) is 0 Å². The van der Waals surface area contributed by atoms with E-state index in [0.29, 0.717) is 12.1 Å². The Morgan fingerprint density at radius 1 is 1.20 bits per heavy atom. The first-order valence-electron chi connectivity index (χ1n) is 8.25. The van der Waals surface area contributed by atoms with Crippen molar-refractivity contribution < 1.29 is 4.39 Å². The van der Waals surface area contributed by atoms with Crippen LogP contribution in [0.1, 0.15) is 56.2 Å². The van der Waals surface area contributed by atoms with Gasteiger partial charge in [-0.05, 0) is 74.0 Å². The molecule has 20 heavy (non-hydrogen) atoms.